The fourth-order valence-electron chi connectivity index (χ4n) is 3.60. The van der Waals surface area contributed by atoms with E-state index in [2.05, 4.69) is 20.4 Å². The summed E-state index contributed by atoms with van der Waals surface area (Å²) in [5.41, 5.74) is 2.83. The van der Waals surface area contributed by atoms with Crippen LogP contribution in [0.1, 0.15) is 10.4 Å². The van der Waals surface area contributed by atoms with Gasteiger partial charge in [-0.15, -0.1) is 0 Å². The highest BCUT2D eigenvalue weighted by Crippen LogP contribution is 2.30. The van der Waals surface area contributed by atoms with Crippen molar-refractivity contribution < 1.29 is 14.1 Å². The predicted octanol–water partition coefficient (Wildman–Crippen LogP) is 3.98. The van der Waals surface area contributed by atoms with Crippen LogP contribution < -0.4 is 10.2 Å². The maximum Gasteiger partial charge on any atom is 0.255 e. The van der Waals surface area contributed by atoms with Gasteiger partial charge in [-0.2, -0.15) is 0 Å². The molecule has 0 radical (unpaired) electrons. The van der Waals surface area contributed by atoms with Crippen molar-refractivity contribution in [1.82, 2.24) is 10.1 Å². The number of rotatable bonds is 4. The maximum atomic E-state index is 13.0. The molecule has 5 rings (SSSR count). The monoisotopic (exact) mass is 400 g/mol. The average molecular weight is 400 g/mol. The predicted molar refractivity (Wildman–Crippen MR) is 115 cm³/mol. The van der Waals surface area contributed by atoms with Gasteiger partial charge >= 0.3 is 0 Å². The van der Waals surface area contributed by atoms with Crippen LogP contribution in [0.15, 0.2) is 71.4 Å². The van der Waals surface area contributed by atoms with Gasteiger partial charge in [0.15, 0.2) is 11.6 Å². The van der Waals surface area contributed by atoms with Crippen molar-refractivity contribution in [1.29, 1.82) is 0 Å². The number of carbonyl (C=O) groups is 1. The number of hydrogen-bond donors (Lipinski definition) is 1. The SMILES string of the molecule is O=C(Nc1cccnc1N1CCOCC1)c1ccc2noc(-c3ccccc3)c2c1. The maximum absolute atomic E-state index is 13.0. The quantitative estimate of drug-likeness (QED) is 0.558. The Morgan fingerprint density at radius 1 is 1.00 bits per heavy atom. The first-order valence-corrected chi connectivity index (χ1v) is 9.83. The molecule has 150 valence electrons. The number of nitrogens with zero attached hydrogens (tertiary/aromatic N) is 3. The number of pyridine rings is 1. The highest BCUT2D eigenvalue weighted by Gasteiger charge is 2.19. The topological polar surface area (TPSA) is 80.5 Å². The van der Waals surface area contributed by atoms with E-state index in [4.69, 9.17) is 9.26 Å². The highest BCUT2D eigenvalue weighted by molar-refractivity contribution is 6.08. The van der Waals surface area contributed by atoms with Gasteiger partial charge in [0.05, 0.1) is 24.3 Å². The average Bonchev–Trinajstić information content (AvgIpc) is 3.24. The second kappa shape index (κ2) is 7.96. The number of carbonyl (C=O) groups excluding carboxylic acids is 1. The van der Waals surface area contributed by atoms with E-state index in [9.17, 15) is 4.79 Å². The normalized spacial score (nSPS) is 14.1. The van der Waals surface area contributed by atoms with Gasteiger partial charge in [0.2, 0.25) is 0 Å². The van der Waals surface area contributed by atoms with Gasteiger partial charge in [-0.3, -0.25) is 4.79 Å². The molecule has 1 saturated heterocycles. The van der Waals surface area contributed by atoms with Crippen molar-refractivity contribution in [2.75, 3.05) is 36.5 Å². The number of nitrogens with one attached hydrogen (secondary N) is 1. The largest absolute Gasteiger partial charge is 0.378 e. The molecule has 1 amide bonds. The smallest absolute Gasteiger partial charge is 0.255 e. The molecule has 0 unspecified atom stereocenters. The van der Waals surface area contributed by atoms with E-state index in [0.717, 1.165) is 29.9 Å². The standard InChI is InChI=1S/C23H20N4O3/c28-23(25-20-7-4-10-24-22(20)27-11-13-29-14-12-27)17-8-9-19-18(15-17)21(30-26-19)16-5-2-1-3-6-16/h1-10,15H,11-14H2,(H,25,28). The lowest BCUT2D eigenvalue weighted by atomic mass is 10.1. The van der Waals surface area contributed by atoms with Crippen molar-refractivity contribution >= 4 is 28.3 Å². The van der Waals surface area contributed by atoms with Crippen molar-refractivity contribution in [3.63, 3.8) is 0 Å². The molecule has 1 aliphatic rings. The lowest BCUT2D eigenvalue weighted by Gasteiger charge is -2.29. The third kappa shape index (κ3) is 3.51. The van der Waals surface area contributed by atoms with Gasteiger partial charge in [-0.05, 0) is 30.3 Å². The molecular weight excluding hydrogens is 380 g/mol. The lowest BCUT2D eigenvalue weighted by molar-refractivity contribution is 0.102. The molecule has 0 spiro atoms. The summed E-state index contributed by atoms with van der Waals surface area (Å²) in [6, 6.07) is 18.8. The molecule has 0 aliphatic carbocycles. The fourth-order valence-corrected chi connectivity index (χ4v) is 3.60. The summed E-state index contributed by atoms with van der Waals surface area (Å²) < 4.78 is 11.0. The number of hydrogen-bond acceptors (Lipinski definition) is 6. The van der Waals surface area contributed by atoms with Gasteiger partial charge in [-0.1, -0.05) is 35.5 Å². The van der Waals surface area contributed by atoms with Crippen molar-refractivity contribution in [2.24, 2.45) is 0 Å². The van der Waals surface area contributed by atoms with E-state index in [-0.39, 0.29) is 5.91 Å². The Kier molecular flexibility index (Phi) is 4.86. The van der Waals surface area contributed by atoms with Crippen molar-refractivity contribution in [3.05, 3.63) is 72.4 Å². The van der Waals surface area contributed by atoms with E-state index in [1.807, 2.05) is 48.5 Å². The number of ether oxygens (including phenoxy) is 1. The minimum atomic E-state index is -0.209. The van der Waals surface area contributed by atoms with Gasteiger partial charge in [-0.25, -0.2) is 4.98 Å². The molecule has 7 nitrogen and oxygen atoms in total. The van der Waals surface area contributed by atoms with Gasteiger partial charge in [0.25, 0.3) is 5.91 Å². The van der Waals surface area contributed by atoms with E-state index < -0.39 is 0 Å². The van der Waals surface area contributed by atoms with Crippen LogP contribution in [0.2, 0.25) is 0 Å². The number of aromatic nitrogens is 2. The summed E-state index contributed by atoms with van der Waals surface area (Å²) in [6.07, 6.45) is 1.73. The Labute approximate surface area is 173 Å². The van der Waals surface area contributed by atoms with Crippen molar-refractivity contribution in [3.8, 4) is 11.3 Å². The molecule has 30 heavy (non-hydrogen) atoms. The Balaban J connectivity index is 1.45. The number of morpholine rings is 1. The van der Waals surface area contributed by atoms with Gasteiger partial charge < -0.3 is 19.5 Å². The van der Waals surface area contributed by atoms with E-state index in [1.165, 1.54) is 0 Å². The van der Waals surface area contributed by atoms with Crippen LogP contribution in [0.4, 0.5) is 11.5 Å². The van der Waals surface area contributed by atoms with Crippen LogP contribution in [-0.2, 0) is 4.74 Å². The molecule has 4 aromatic rings. The molecular formula is C23H20N4O3. The number of anilines is 2. The first-order valence-electron chi connectivity index (χ1n) is 9.83. The fraction of sp³-hybridized carbons (Fsp3) is 0.174. The van der Waals surface area contributed by atoms with Crippen LogP contribution >= 0.6 is 0 Å². The zero-order chi connectivity index (χ0) is 20.3. The third-order valence-corrected chi connectivity index (χ3v) is 5.12. The Morgan fingerprint density at radius 2 is 1.83 bits per heavy atom. The molecule has 7 heteroatoms. The highest BCUT2D eigenvalue weighted by atomic mass is 16.5. The summed E-state index contributed by atoms with van der Waals surface area (Å²) in [4.78, 5) is 19.6. The number of amides is 1. The lowest BCUT2D eigenvalue weighted by Crippen LogP contribution is -2.37. The van der Waals surface area contributed by atoms with Crippen molar-refractivity contribution in [2.45, 2.75) is 0 Å². The summed E-state index contributed by atoms with van der Waals surface area (Å²) in [5, 5.41) is 7.92. The van der Waals surface area contributed by atoms with E-state index in [0.29, 0.717) is 35.7 Å². The van der Waals surface area contributed by atoms with Gasteiger partial charge in [0.1, 0.15) is 5.52 Å². The second-order valence-corrected chi connectivity index (χ2v) is 7.04. The molecule has 0 bridgehead atoms. The molecule has 1 N–H and O–H groups in total. The van der Waals surface area contributed by atoms with E-state index in [1.54, 1.807) is 18.3 Å². The zero-order valence-electron chi connectivity index (χ0n) is 16.2. The van der Waals surface area contributed by atoms with Crippen LogP contribution in [0.5, 0.6) is 0 Å². The zero-order valence-corrected chi connectivity index (χ0v) is 16.2. The summed E-state index contributed by atoms with van der Waals surface area (Å²) in [7, 11) is 0. The minimum absolute atomic E-state index is 0.209. The summed E-state index contributed by atoms with van der Waals surface area (Å²) in [5.74, 6) is 1.19. The second-order valence-electron chi connectivity index (χ2n) is 7.04. The Hall–Kier alpha value is -3.71. The minimum Gasteiger partial charge on any atom is -0.378 e. The Morgan fingerprint density at radius 3 is 2.67 bits per heavy atom. The summed E-state index contributed by atoms with van der Waals surface area (Å²) in [6.45, 7) is 2.78. The number of benzene rings is 2. The van der Waals surface area contributed by atoms with E-state index >= 15 is 0 Å². The van der Waals surface area contributed by atoms with Crippen LogP contribution in [0.25, 0.3) is 22.2 Å². The molecule has 1 fully saturated rings. The Bertz CT molecular complexity index is 1180. The summed E-state index contributed by atoms with van der Waals surface area (Å²) >= 11 is 0. The van der Waals surface area contributed by atoms with Gasteiger partial charge in [0, 0.05) is 30.4 Å². The third-order valence-electron chi connectivity index (χ3n) is 5.12. The van der Waals surface area contributed by atoms with Crippen LogP contribution in [-0.4, -0.2) is 42.4 Å². The molecule has 2 aromatic heterocycles. The molecule has 3 heterocycles. The first kappa shape index (κ1) is 18.3. The molecule has 0 atom stereocenters. The molecule has 2 aromatic carbocycles. The molecule has 0 saturated carbocycles. The van der Waals surface area contributed by atoms with Crippen LogP contribution in [0.3, 0.4) is 0 Å². The van der Waals surface area contributed by atoms with Crippen LogP contribution in [0, 0.1) is 0 Å². The number of fused-ring (bicyclic) bond motifs is 1. The first-order chi connectivity index (χ1) is 14.8. The molecule has 1 aliphatic heterocycles.